The van der Waals surface area contributed by atoms with Gasteiger partial charge in [0.1, 0.15) is 11.9 Å². The molecule has 2 rings (SSSR count). The first-order valence-corrected chi connectivity index (χ1v) is 7.56. The molecule has 124 valence electrons. The molecule has 1 fully saturated rings. The summed E-state index contributed by atoms with van der Waals surface area (Å²) in [5, 5.41) is 2.77. The second-order valence-corrected chi connectivity index (χ2v) is 5.89. The molecule has 0 aromatic heterocycles. The van der Waals surface area contributed by atoms with Crippen LogP contribution in [0.3, 0.4) is 0 Å². The van der Waals surface area contributed by atoms with Crippen LogP contribution in [-0.4, -0.2) is 55.3 Å². The van der Waals surface area contributed by atoms with Crippen LogP contribution in [0.1, 0.15) is 17.2 Å². The van der Waals surface area contributed by atoms with Crippen LogP contribution in [0.5, 0.6) is 0 Å². The summed E-state index contributed by atoms with van der Waals surface area (Å²) < 4.78 is 13.3. The Hall–Kier alpha value is -2.21. The van der Waals surface area contributed by atoms with Gasteiger partial charge < -0.3 is 15.1 Å². The van der Waals surface area contributed by atoms with Crippen molar-refractivity contribution in [2.75, 3.05) is 33.7 Å². The van der Waals surface area contributed by atoms with E-state index in [-0.39, 0.29) is 17.6 Å². The van der Waals surface area contributed by atoms with E-state index >= 15 is 0 Å². The maximum atomic E-state index is 13.3. The molecule has 6 heteroatoms. The first kappa shape index (κ1) is 17.1. The number of aryl methyl sites for hydroxylation is 1. The summed E-state index contributed by atoms with van der Waals surface area (Å²) in [5.41, 5.74) is 1.31. The number of hydrogen-bond donors (Lipinski definition) is 1. The van der Waals surface area contributed by atoms with Crippen molar-refractivity contribution in [2.24, 2.45) is 0 Å². The van der Waals surface area contributed by atoms with Crippen molar-refractivity contribution >= 4 is 11.8 Å². The minimum Gasteiger partial charge on any atom is -0.352 e. The fourth-order valence-electron chi connectivity index (χ4n) is 2.62. The summed E-state index contributed by atoms with van der Waals surface area (Å²) in [5.74, 6) is -0.804. The molecule has 23 heavy (non-hydrogen) atoms. The van der Waals surface area contributed by atoms with Crippen molar-refractivity contribution in [3.05, 3.63) is 47.3 Å². The number of piperazine rings is 1. The number of nitrogens with zero attached hydrogens (tertiary/aromatic N) is 2. The molecular weight excluding hydrogens is 297 g/mol. The van der Waals surface area contributed by atoms with Crippen molar-refractivity contribution in [1.29, 1.82) is 0 Å². The maximum Gasteiger partial charge on any atom is 0.247 e. The zero-order valence-electron chi connectivity index (χ0n) is 13.7. The average Bonchev–Trinajstić information content (AvgIpc) is 2.47. The van der Waals surface area contributed by atoms with Gasteiger partial charge in [-0.2, -0.15) is 0 Å². The van der Waals surface area contributed by atoms with Crippen molar-refractivity contribution in [3.8, 4) is 0 Å². The van der Waals surface area contributed by atoms with Crippen LogP contribution in [-0.2, 0) is 9.59 Å². The number of halogens is 1. The number of benzene rings is 1. The Bertz CT molecular complexity index is 628. The SMILES string of the molecule is Cc1cc(F)ccc1C1C(=O)NCCN1C(=O)/C=C/CN(C)C. The van der Waals surface area contributed by atoms with E-state index in [1.54, 1.807) is 19.1 Å². The number of carbonyl (C=O) groups is 2. The van der Waals surface area contributed by atoms with E-state index in [9.17, 15) is 14.0 Å². The Labute approximate surface area is 135 Å². The molecule has 1 aliphatic heterocycles. The van der Waals surface area contributed by atoms with Crippen LogP contribution >= 0.6 is 0 Å². The Balaban J connectivity index is 2.27. The molecule has 1 N–H and O–H groups in total. The lowest BCUT2D eigenvalue weighted by atomic mass is 9.97. The minimum absolute atomic E-state index is 0.213. The van der Waals surface area contributed by atoms with Crippen molar-refractivity contribution in [3.63, 3.8) is 0 Å². The van der Waals surface area contributed by atoms with Gasteiger partial charge in [-0.25, -0.2) is 4.39 Å². The monoisotopic (exact) mass is 319 g/mol. The lowest BCUT2D eigenvalue weighted by Gasteiger charge is -2.35. The number of amides is 2. The molecule has 1 aromatic carbocycles. The summed E-state index contributed by atoms with van der Waals surface area (Å²) >= 11 is 0. The Morgan fingerprint density at radius 2 is 2.22 bits per heavy atom. The summed E-state index contributed by atoms with van der Waals surface area (Å²) in [6.45, 7) is 3.23. The topological polar surface area (TPSA) is 52.7 Å². The third-order valence-electron chi connectivity index (χ3n) is 3.75. The number of nitrogens with one attached hydrogen (secondary N) is 1. The minimum atomic E-state index is -0.721. The Morgan fingerprint density at radius 3 is 2.87 bits per heavy atom. The number of hydrogen-bond acceptors (Lipinski definition) is 3. The second-order valence-electron chi connectivity index (χ2n) is 5.89. The molecule has 1 unspecified atom stereocenters. The normalized spacial score (nSPS) is 18.6. The third kappa shape index (κ3) is 4.16. The van der Waals surface area contributed by atoms with Crippen LogP contribution in [0.15, 0.2) is 30.4 Å². The third-order valence-corrected chi connectivity index (χ3v) is 3.75. The summed E-state index contributed by atoms with van der Waals surface area (Å²) in [6.07, 6.45) is 3.26. The number of likely N-dealkylation sites (N-methyl/N-ethyl adjacent to an activating group) is 1. The predicted molar refractivity (Wildman–Crippen MR) is 86.3 cm³/mol. The summed E-state index contributed by atoms with van der Waals surface area (Å²) in [6, 6.07) is 3.54. The van der Waals surface area contributed by atoms with E-state index in [2.05, 4.69) is 5.32 Å². The molecule has 1 aromatic rings. The van der Waals surface area contributed by atoms with E-state index < -0.39 is 6.04 Å². The fourth-order valence-corrected chi connectivity index (χ4v) is 2.62. The molecule has 0 aliphatic carbocycles. The highest BCUT2D eigenvalue weighted by atomic mass is 19.1. The van der Waals surface area contributed by atoms with E-state index in [0.717, 1.165) is 0 Å². The zero-order chi connectivity index (χ0) is 17.0. The van der Waals surface area contributed by atoms with Crippen molar-refractivity contribution < 1.29 is 14.0 Å². The molecule has 0 spiro atoms. The molecule has 0 bridgehead atoms. The highest BCUT2D eigenvalue weighted by Crippen LogP contribution is 2.27. The molecule has 1 atom stereocenters. The standard InChI is InChI=1S/C17H22FN3O2/c1-12-11-13(18)6-7-14(12)16-17(23)19-8-10-21(16)15(22)5-4-9-20(2)3/h4-7,11,16H,8-10H2,1-3H3,(H,19,23)/b5-4+. The Morgan fingerprint density at radius 1 is 1.48 bits per heavy atom. The maximum absolute atomic E-state index is 13.3. The average molecular weight is 319 g/mol. The van der Waals surface area contributed by atoms with Gasteiger partial charge in [0.15, 0.2) is 0 Å². The van der Waals surface area contributed by atoms with Gasteiger partial charge in [-0.1, -0.05) is 12.1 Å². The highest BCUT2D eigenvalue weighted by molar-refractivity contribution is 5.94. The van der Waals surface area contributed by atoms with Crippen LogP contribution in [0.4, 0.5) is 4.39 Å². The Kier molecular flexibility index (Phi) is 5.50. The first-order valence-electron chi connectivity index (χ1n) is 7.56. The molecule has 1 saturated heterocycles. The van der Waals surface area contributed by atoms with E-state index in [4.69, 9.17) is 0 Å². The lowest BCUT2D eigenvalue weighted by Crippen LogP contribution is -2.52. The molecule has 1 aliphatic rings. The molecule has 0 saturated carbocycles. The number of rotatable bonds is 4. The lowest BCUT2D eigenvalue weighted by molar-refractivity contribution is -0.140. The van der Waals surface area contributed by atoms with Crippen LogP contribution in [0.25, 0.3) is 0 Å². The molecule has 5 nitrogen and oxygen atoms in total. The van der Waals surface area contributed by atoms with Crippen LogP contribution < -0.4 is 5.32 Å². The highest BCUT2D eigenvalue weighted by Gasteiger charge is 2.34. The number of carbonyl (C=O) groups excluding carboxylic acids is 2. The van der Waals surface area contributed by atoms with Gasteiger partial charge in [0.25, 0.3) is 0 Å². The zero-order valence-corrected chi connectivity index (χ0v) is 13.7. The first-order chi connectivity index (χ1) is 10.9. The van der Waals surface area contributed by atoms with E-state index in [1.807, 2.05) is 19.0 Å². The van der Waals surface area contributed by atoms with Crippen LogP contribution in [0.2, 0.25) is 0 Å². The van der Waals surface area contributed by atoms with Gasteiger partial charge >= 0.3 is 0 Å². The molecule has 1 heterocycles. The smallest absolute Gasteiger partial charge is 0.247 e. The van der Waals surface area contributed by atoms with Gasteiger partial charge in [-0.15, -0.1) is 0 Å². The quantitative estimate of drug-likeness (QED) is 0.850. The van der Waals surface area contributed by atoms with Gasteiger partial charge in [0, 0.05) is 25.7 Å². The largest absolute Gasteiger partial charge is 0.352 e. The van der Waals surface area contributed by atoms with E-state index in [1.165, 1.54) is 23.1 Å². The van der Waals surface area contributed by atoms with Gasteiger partial charge in [-0.3, -0.25) is 9.59 Å². The molecule has 2 amide bonds. The molecular formula is C17H22FN3O2. The summed E-state index contributed by atoms with van der Waals surface area (Å²) in [4.78, 5) is 28.2. The fraction of sp³-hybridized carbons (Fsp3) is 0.412. The van der Waals surface area contributed by atoms with Crippen LogP contribution in [0, 0.1) is 12.7 Å². The van der Waals surface area contributed by atoms with Gasteiger partial charge in [-0.05, 0) is 44.3 Å². The molecule has 0 radical (unpaired) electrons. The predicted octanol–water partition coefficient (Wildman–Crippen LogP) is 1.25. The second kappa shape index (κ2) is 7.37. The van der Waals surface area contributed by atoms with Crippen molar-refractivity contribution in [2.45, 2.75) is 13.0 Å². The van der Waals surface area contributed by atoms with Crippen molar-refractivity contribution in [1.82, 2.24) is 15.1 Å². The van der Waals surface area contributed by atoms with E-state index in [0.29, 0.717) is 30.8 Å². The summed E-state index contributed by atoms with van der Waals surface area (Å²) in [7, 11) is 3.82. The van der Waals surface area contributed by atoms with Gasteiger partial charge in [0.2, 0.25) is 11.8 Å². The van der Waals surface area contributed by atoms with Gasteiger partial charge in [0.05, 0.1) is 0 Å².